The molecule has 1 aromatic carbocycles. The number of ether oxygens (including phenoxy) is 1. The second kappa shape index (κ2) is 5.06. The number of hydrogen-bond acceptors (Lipinski definition) is 4. The van der Waals surface area contributed by atoms with Crippen LogP contribution in [0.15, 0.2) is 39.4 Å². The van der Waals surface area contributed by atoms with Crippen molar-refractivity contribution >= 4 is 49.0 Å². The number of nitrogen functional groups attached to an aromatic ring is 1. The average Bonchev–Trinajstić information content (AvgIpc) is 2.75. The van der Waals surface area contributed by atoms with Gasteiger partial charge in [-0.25, -0.2) is 9.97 Å². The number of pyridine rings is 1. The maximum atomic E-state index is 6.02. The van der Waals surface area contributed by atoms with Crippen molar-refractivity contribution in [2.45, 2.75) is 0 Å². The van der Waals surface area contributed by atoms with Gasteiger partial charge in [0.2, 0.25) is 5.95 Å². The molecule has 2 N–H and O–H groups in total. The molecule has 7 heteroatoms. The van der Waals surface area contributed by atoms with Gasteiger partial charge in [-0.1, -0.05) is 0 Å². The van der Waals surface area contributed by atoms with Crippen LogP contribution in [0, 0.1) is 0 Å². The molecule has 0 atom stereocenters. The summed E-state index contributed by atoms with van der Waals surface area (Å²) in [7, 11) is 1.62. The monoisotopic (exact) mass is 396 g/mol. The predicted octanol–water partition coefficient (Wildman–Crippen LogP) is 3.54. The number of halogens is 2. The van der Waals surface area contributed by atoms with Crippen molar-refractivity contribution in [1.82, 2.24) is 14.5 Å². The van der Waals surface area contributed by atoms with Gasteiger partial charge in [-0.05, 0) is 50.1 Å². The summed E-state index contributed by atoms with van der Waals surface area (Å²) in [5, 5.41) is 0. The van der Waals surface area contributed by atoms with Crippen molar-refractivity contribution in [3.63, 3.8) is 0 Å². The molecule has 3 aromatic rings. The van der Waals surface area contributed by atoms with Crippen LogP contribution in [-0.2, 0) is 0 Å². The van der Waals surface area contributed by atoms with Gasteiger partial charge in [0.25, 0.3) is 0 Å². The predicted molar refractivity (Wildman–Crippen MR) is 85.2 cm³/mol. The highest BCUT2D eigenvalue weighted by Crippen LogP contribution is 2.35. The fourth-order valence-electron chi connectivity index (χ4n) is 2.01. The quantitative estimate of drug-likeness (QED) is 0.718. The number of aromatic nitrogens is 3. The van der Waals surface area contributed by atoms with Gasteiger partial charge in [0, 0.05) is 16.7 Å². The molecule has 0 fully saturated rings. The Bertz CT molecular complexity index is 800. The minimum absolute atomic E-state index is 0.378. The zero-order valence-electron chi connectivity index (χ0n) is 10.5. The number of benzene rings is 1. The number of hydrogen-bond donors (Lipinski definition) is 1. The maximum Gasteiger partial charge on any atom is 0.207 e. The van der Waals surface area contributed by atoms with Crippen LogP contribution in [0.5, 0.6) is 5.75 Å². The fourth-order valence-corrected chi connectivity index (χ4v) is 3.35. The Morgan fingerprint density at radius 2 is 2.05 bits per heavy atom. The summed E-state index contributed by atoms with van der Waals surface area (Å²) in [5.41, 5.74) is 8.30. The molecule has 2 aromatic heterocycles. The van der Waals surface area contributed by atoms with Gasteiger partial charge < -0.3 is 10.5 Å². The third-order valence-electron chi connectivity index (χ3n) is 2.90. The zero-order valence-corrected chi connectivity index (χ0v) is 13.6. The molecular weight excluding hydrogens is 388 g/mol. The lowest BCUT2D eigenvalue weighted by Gasteiger charge is -2.11. The van der Waals surface area contributed by atoms with Gasteiger partial charge in [0.05, 0.1) is 17.3 Å². The summed E-state index contributed by atoms with van der Waals surface area (Å²) in [6.45, 7) is 0. The van der Waals surface area contributed by atoms with Crippen LogP contribution in [0.4, 0.5) is 5.95 Å². The summed E-state index contributed by atoms with van der Waals surface area (Å²) in [6, 6.07) is 7.48. The number of fused-ring (bicyclic) bond motifs is 1. The summed E-state index contributed by atoms with van der Waals surface area (Å²) in [5.74, 6) is 1.09. The Morgan fingerprint density at radius 3 is 2.80 bits per heavy atom. The normalized spacial score (nSPS) is 10.9. The van der Waals surface area contributed by atoms with E-state index >= 15 is 0 Å². The van der Waals surface area contributed by atoms with Crippen LogP contribution in [0.3, 0.4) is 0 Å². The first-order valence-corrected chi connectivity index (χ1v) is 7.32. The second-order valence-electron chi connectivity index (χ2n) is 4.09. The number of nitrogens with two attached hydrogens (primary N) is 1. The fraction of sp³-hybridized carbons (Fsp3) is 0.0769. The van der Waals surface area contributed by atoms with E-state index in [1.54, 1.807) is 17.9 Å². The molecule has 20 heavy (non-hydrogen) atoms. The molecule has 2 heterocycles. The molecule has 0 bridgehead atoms. The number of rotatable bonds is 2. The van der Waals surface area contributed by atoms with E-state index in [0.29, 0.717) is 17.3 Å². The van der Waals surface area contributed by atoms with Gasteiger partial charge in [-0.15, -0.1) is 0 Å². The number of methoxy groups -OCH3 is 1. The van der Waals surface area contributed by atoms with E-state index in [4.69, 9.17) is 10.5 Å². The first kappa shape index (κ1) is 13.4. The van der Waals surface area contributed by atoms with Crippen molar-refractivity contribution in [3.05, 3.63) is 39.4 Å². The molecule has 0 saturated carbocycles. The average molecular weight is 398 g/mol. The molecule has 0 aliphatic rings. The SMILES string of the molecule is COc1cc(-n2c(N)nc3cccnc32)c(Br)cc1Br. The largest absolute Gasteiger partial charge is 0.495 e. The molecule has 0 aliphatic carbocycles. The van der Waals surface area contributed by atoms with Crippen molar-refractivity contribution in [2.75, 3.05) is 12.8 Å². The van der Waals surface area contributed by atoms with Gasteiger partial charge >= 0.3 is 0 Å². The van der Waals surface area contributed by atoms with Crippen LogP contribution >= 0.6 is 31.9 Å². The van der Waals surface area contributed by atoms with Crippen LogP contribution < -0.4 is 10.5 Å². The number of nitrogens with zero attached hydrogens (tertiary/aromatic N) is 3. The van der Waals surface area contributed by atoms with Crippen LogP contribution in [0.25, 0.3) is 16.9 Å². The van der Waals surface area contributed by atoms with Crippen molar-refractivity contribution < 1.29 is 4.74 Å². The highest BCUT2D eigenvalue weighted by atomic mass is 79.9. The van der Waals surface area contributed by atoms with Gasteiger partial charge in [0.15, 0.2) is 5.65 Å². The second-order valence-corrected chi connectivity index (χ2v) is 5.80. The highest BCUT2D eigenvalue weighted by molar-refractivity contribution is 9.11. The van der Waals surface area contributed by atoms with Crippen molar-refractivity contribution in [1.29, 1.82) is 0 Å². The molecule has 0 spiro atoms. The summed E-state index contributed by atoms with van der Waals surface area (Å²) in [4.78, 5) is 8.66. The molecule has 0 saturated heterocycles. The van der Waals surface area contributed by atoms with E-state index in [2.05, 4.69) is 41.8 Å². The highest BCUT2D eigenvalue weighted by Gasteiger charge is 2.15. The summed E-state index contributed by atoms with van der Waals surface area (Å²) >= 11 is 6.98. The third-order valence-corrected chi connectivity index (χ3v) is 4.16. The van der Waals surface area contributed by atoms with Crippen molar-refractivity contribution in [3.8, 4) is 11.4 Å². The van der Waals surface area contributed by atoms with E-state index in [0.717, 1.165) is 20.1 Å². The lowest BCUT2D eigenvalue weighted by molar-refractivity contribution is 0.412. The number of anilines is 1. The van der Waals surface area contributed by atoms with E-state index in [1.807, 2.05) is 24.3 Å². The first-order valence-electron chi connectivity index (χ1n) is 5.74. The first-order chi connectivity index (χ1) is 9.61. The lowest BCUT2D eigenvalue weighted by atomic mass is 10.3. The molecule has 0 unspecified atom stereocenters. The van der Waals surface area contributed by atoms with Crippen LogP contribution in [0.2, 0.25) is 0 Å². The van der Waals surface area contributed by atoms with Crippen molar-refractivity contribution in [2.24, 2.45) is 0 Å². The van der Waals surface area contributed by atoms with Crippen LogP contribution in [0.1, 0.15) is 0 Å². The third kappa shape index (κ3) is 2.06. The van der Waals surface area contributed by atoms with Gasteiger partial charge in [-0.2, -0.15) is 0 Å². The molecule has 0 aliphatic heterocycles. The Hall–Kier alpha value is -1.60. The van der Waals surface area contributed by atoms with E-state index in [1.165, 1.54) is 0 Å². The van der Waals surface area contributed by atoms with E-state index in [-0.39, 0.29) is 0 Å². The lowest BCUT2D eigenvalue weighted by Crippen LogP contribution is -2.03. The summed E-state index contributed by atoms with van der Waals surface area (Å²) < 4.78 is 8.83. The Morgan fingerprint density at radius 1 is 1.25 bits per heavy atom. The van der Waals surface area contributed by atoms with Gasteiger partial charge in [0.1, 0.15) is 11.3 Å². The molecule has 5 nitrogen and oxygen atoms in total. The van der Waals surface area contributed by atoms with E-state index < -0.39 is 0 Å². The topological polar surface area (TPSA) is 66.0 Å². The molecule has 0 radical (unpaired) electrons. The molecular formula is C13H10Br2N4O. The van der Waals surface area contributed by atoms with E-state index in [9.17, 15) is 0 Å². The molecule has 0 amide bonds. The summed E-state index contributed by atoms with van der Waals surface area (Å²) in [6.07, 6.45) is 1.71. The van der Waals surface area contributed by atoms with Gasteiger partial charge in [-0.3, -0.25) is 4.57 Å². The van der Waals surface area contributed by atoms with Crippen LogP contribution in [-0.4, -0.2) is 21.6 Å². The standard InChI is InChI=1S/C13H10Br2N4O/c1-20-11-6-10(7(14)5-8(11)15)19-12-9(18-13(19)16)3-2-4-17-12/h2-6H,1H3,(H2,16,18). The maximum absolute atomic E-state index is 6.02. The zero-order chi connectivity index (χ0) is 14.3. The Kier molecular flexibility index (Phi) is 3.39. The Labute approximate surface area is 132 Å². The number of imidazole rings is 1. The minimum atomic E-state index is 0.378. The smallest absolute Gasteiger partial charge is 0.207 e. The molecule has 3 rings (SSSR count). The minimum Gasteiger partial charge on any atom is -0.495 e. The molecule has 102 valence electrons. The Balaban J connectivity index is 2.33.